The number of guanidine groups is 1. The van der Waals surface area contributed by atoms with Crippen LogP contribution in [0.15, 0.2) is 4.99 Å². The van der Waals surface area contributed by atoms with Crippen LogP contribution in [0.1, 0.15) is 54.4 Å². The first kappa shape index (κ1) is 22.5. The largest absolute Gasteiger partial charge is 0.357 e. The first-order valence-corrected chi connectivity index (χ1v) is 8.55. The number of carbonyl (C=O) groups is 1. The van der Waals surface area contributed by atoms with Crippen molar-refractivity contribution in [3.8, 4) is 0 Å². The van der Waals surface area contributed by atoms with Gasteiger partial charge in [0, 0.05) is 25.2 Å². The highest BCUT2D eigenvalue weighted by molar-refractivity contribution is 14.0. The summed E-state index contributed by atoms with van der Waals surface area (Å²) in [4.78, 5) is 18.7. The van der Waals surface area contributed by atoms with Gasteiger partial charge in [-0.1, -0.05) is 13.8 Å². The van der Waals surface area contributed by atoms with E-state index in [1.165, 1.54) is 12.8 Å². The summed E-state index contributed by atoms with van der Waals surface area (Å²) in [5.41, 5.74) is -0.207. The molecule has 0 aromatic carbocycles. The average Bonchev–Trinajstić information content (AvgIpc) is 2.79. The first-order chi connectivity index (χ1) is 10.2. The van der Waals surface area contributed by atoms with E-state index in [1.807, 2.05) is 20.8 Å². The predicted molar refractivity (Wildman–Crippen MR) is 108 cm³/mol. The number of hydrogen-bond acceptors (Lipinski definition) is 2. The van der Waals surface area contributed by atoms with E-state index in [1.54, 1.807) is 0 Å². The van der Waals surface area contributed by atoms with Crippen LogP contribution in [-0.4, -0.2) is 48.5 Å². The predicted octanol–water partition coefficient (Wildman–Crippen LogP) is 2.85. The van der Waals surface area contributed by atoms with E-state index < -0.39 is 0 Å². The zero-order valence-electron chi connectivity index (χ0n) is 15.6. The number of aliphatic imine (C=N–C) groups is 1. The molecule has 0 aromatic rings. The summed E-state index contributed by atoms with van der Waals surface area (Å²) >= 11 is 0. The number of carbonyl (C=O) groups excluding carboxylic acids is 1. The van der Waals surface area contributed by atoms with E-state index in [9.17, 15) is 4.79 Å². The molecule has 136 valence electrons. The zero-order valence-corrected chi connectivity index (χ0v) is 17.9. The molecule has 1 amide bonds. The van der Waals surface area contributed by atoms with Crippen molar-refractivity contribution in [3.63, 3.8) is 0 Å². The fraction of sp³-hybridized carbons (Fsp3) is 0.882. The molecular formula is C17H35IN4O. The van der Waals surface area contributed by atoms with Gasteiger partial charge in [0.05, 0.1) is 0 Å². The molecule has 1 rings (SSSR count). The first-order valence-electron chi connectivity index (χ1n) is 8.55. The van der Waals surface area contributed by atoms with Gasteiger partial charge in [-0.15, -0.1) is 24.0 Å². The minimum absolute atomic E-state index is 0. The molecule has 0 aromatic heterocycles. The van der Waals surface area contributed by atoms with E-state index >= 15 is 0 Å². The molecule has 0 spiro atoms. The topological polar surface area (TPSA) is 56.7 Å². The highest BCUT2D eigenvalue weighted by Crippen LogP contribution is 2.23. The Morgan fingerprint density at radius 2 is 2.00 bits per heavy atom. The lowest BCUT2D eigenvalue weighted by Crippen LogP contribution is -2.44. The molecule has 1 unspecified atom stereocenters. The van der Waals surface area contributed by atoms with Gasteiger partial charge in [0.2, 0.25) is 5.91 Å². The quantitative estimate of drug-likeness (QED) is 0.394. The third-order valence-electron chi connectivity index (χ3n) is 3.61. The number of nitrogens with one attached hydrogen (secondary N) is 2. The number of likely N-dealkylation sites (tertiary alicyclic amines) is 1. The Hall–Kier alpha value is -0.530. The summed E-state index contributed by atoms with van der Waals surface area (Å²) in [6.45, 7) is 15.7. The summed E-state index contributed by atoms with van der Waals surface area (Å²) in [5, 5.41) is 6.26. The lowest BCUT2D eigenvalue weighted by atomic mass is 9.97. The molecule has 1 atom stereocenters. The lowest BCUT2D eigenvalue weighted by Gasteiger charge is -2.23. The van der Waals surface area contributed by atoms with Crippen LogP contribution < -0.4 is 10.6 Å². The second-order valence-electron chi connectivity index (χ2n) is 7.70. The van der Waals surface area contributed by atoms with Crippen molar-refractivity contribution in [3.05, 3.63) is 0 Å². The number of rotatable bonds is 5. The third kappa shape index (κ3) is 9.37. The van der Waals surface area contributed by atoms with Crippen LogP contribution in [0.4, 0.5) is 0 Å². The van der Waals surface area contributed by atoms with Crippen LogP contribution in [-0.2, 0) is 4.79 Å². The van der Waals surface area contributed by atoms with Gasteiger partial charge >= 0.3 is 0 Å². The molecule has 0 saturated carbocycles. The minimum atomic E-state index is -0.207. The minimum Gasteiger partial charge on any atom is -0.357 e. The van der Waals surface area contributed by atoms with Crippen molar-refractivity contribution in [2.45, 2.75) is 59.9 Å². The van der Waals surface area contributed by atoms with E-state index in [2.05, 4.69) is 41.3 Å². The highest BCUT2D eigenvalue weighted by Gasteiger charge is 2.25. The fourth-order valence-electron chi connectivity index (χ4n) is 2.91. The molecule has 1 heterocycles. The number of halogens is 1. The van der Waals surface area contributed by atoms with Crippen LogP contribution in [0.3, 0.4) is 0 Å². The Balaban J connectivity index is 0.00000484. The lowest BCUT2D eigenvalue weighted by molar-refractivity contribution is -0.121. The number of nitrogens with zero attached hydrogens (tertiary/aromatic N) is 2. The maximum Gasteiger partial charge on any atom is 0.242 e. The van der Waals surface area contributed by atoms with Crippen LogP contribution in [0.2, 0.25) is 0 Å². The molecule has 6 heteroatoms. The normalized spacial score (nSPS) is 18.8. The number of hydrogen-bond donors (Lipinski definition) is 2. The van der Waals surface area contributed by atoms with Gasteiger partial charge < -0.3 is 15.5 Å². The molecule has 1 aliphatic heterocycles. The second kappa shape index (κ2) is 10.4. The van der Waals surface area contributed by atoms with Crippen molar-refractivity contribution < 1.29 is 4.79 Å². The molecule has 0 radical (unpaired) electrons. The van der Waals surface area contributed by atoms with E-state index in [-0.39, 0.29) is 42.0 Å². The van der Waals surface area contributed by atoms with Gasteiger partial charge in [-0.25, -0.2) is 4.99 Å². The highest BCUT2D eigenvalue weighted by atomic mass is 127. The molecule has 23 heavy (non-hydrogen) atoms. The Morgan fingerprint density at radius 1 is 1.35 bits per heavy atom. The maximum absolute atomic E-state index is 11.9. The third-order valence-corrected chi connectivity index (χ3v) is 3.61. The van der Waals surface area contributed by atoms with Gasteiger partial charge in [-0.3, -0.25) is 4.79 Å². The molecule has 0 aliphatic carbocycles. The van der Waals surface area contributed by atoms with Gasteiger partial charge in [-0.05, 0) is 52.4 Å². The van der Waals surface area contributed by atoms with E-state index in [0.717, 1.165) is 37.4 Å². The molecule has 2 N–H and O–H groups in total. The smallest absolute Gasteiger partial charge is 0.242 e. The Morgan fingerprint density at radius 3 is 2.52 bits per heavy atom. The van der Waals surface area contributed by atoms with Crippen LogP contribution in [0.25, 0.3) is 0 Å². The van der Waals surface area contributed by atoms with Gasteiger partial charge in [0.15, 0.2) is 5.96 Å². The second-order valence-corrected chi connectivity index (χ2v) is 7.70. The molecule has 0 bridgehead atoms. The Kier molecular flexibility index (Phi) is 10.1. The Bertz CT molecular complexity index is 391. The average molecular weight is 438 g/mol. The SMILES string of the molecule is CCNC(=NCC(=O)NC(C)(C)C)N1CCC(CC(C)C)C1.I. The van der Waals surface area contributed by atoms with Crippen LogP contribution in [0.5, 0.6) is 0 Å². The maximum atomic E-state index is 11.9. The summed E-state index contributed by atoms with van der Waals surface area (Å²) in [6.07, 6.45) is 2.48. The van der Waals surface area contributed by atoms with Gasteiger partial charge in [-0.2, -0.15) is 0 Å². The van der Waals surface area contributed by atoms with Crippen molar-refractivity contribution >= 4 is 35.8 Å². The van der Waals surface area contributed by atoms with Crippen molar-refractivity contribution in [2.24, 2.45) is 16.8 Å². The number of amides is 1. The molecule has 1 saturated heterocycles. The summed E-state index contributed by atoms with van der Waals surface area (Å²) in [5.74, 6) is 2.33. The van der Waals surface area contributed by atoms with Crippen molar-refractivity contribution in [2.75, 3.05) is 26.2 Å². The molecule has 1 fully saturated rings. The summed E-state index contributed by atoms with van der Waals surface area (Å²) in [6, 6.07) is 0. The molecular weight excluding hydrogens is 403 g/mol. The molecule has 1 aliphatic rings. The van der Waals surface area contributed by atoms with Gasteiger partial charge in [0.25, 0.3) is 0 Å². The van der Waals surface area contributed by atoms with Crippen LogP contribution >= 0.6 is 24.0 Å². The molecule has 5 nitrogen and oxygen atoms in total. The zero-order chi connectivity index (χ0) is 16.8. The summed E-state index contributed by atoms with van der Waals surface area (Å²) in [7, 11) is 0. The van der Waals surface area contributed by atoms with Crippen molar-refractivity contribution in [1.29, 1.82) is 0 Å². The van der Waals surface area contributed by atoms with Crippen LogP contribution in [0, 0.1) is 11.8 Å². The van der Waals surface area contributed by atoms with E-state index in [4.69, 9.17) is 0 Å². The van der Waals surface area contributed by atoms with E-state index in [0.29, 0.717) is 0 Å². The standard InChI is InChI=1S/C17H34N4O.HI/c1-7-18-16(19-11-15(22)20-17(4,5)6)21-9-8-14(12-21)10-13(2)3;/h13-14H,7-12H2,1-6H3,(H,18,19)(H,20,22);1H. The fourth-order valence-corrected chi connectivity index (χ4v) is 2.91. The van der Waals surface area contributed by atoms with Crippen molar-refractivity contribution in [1.82, 2.24) is 15.5 Å². The van der Waals surface area contributed by atoms with Gasteiger partial charge in [0.1, 0.15) is 6.54 Å². The monoisotopic (exact) mass is 438 g/mol. The summed E-state index contributed by atoms with van der Waals surface area (Å²) < 4.78 is 0. The Labute approximate surface area is 159 Å².